The van der Waals surface area contributed by atoms with Crippen LogP contribution >= 0.6 is 27.7 Å². The van der Waals surface area contributed by atoms with E-state index in [1.54, 1.807) is 54.0 Å². The molecular weight excluding hydrogens is 537 g/mol. The fourth-order valence-electron chi connectivity index (χ4n) is 3.33. The third-order valence-corrected chi connectivity index (χ3v) is 6.80. The van der Waals surface area contributed by atoms with Crippen LogP contribution in [-0.2, 0) is 5.75 Å². The first kappa shape index (κ1) is 24.6. The predicted molar refractivity (Wildman–Crippen MR) is 134 cm³/mol. The Morgan fingerprint density at radius 3 is 2.46 bits per heavy atom. The number of carbonyl (C=O) groups excluding carboxylic acids is 1. The molecule has 1 amide bonds. The highest BCUT2D eigenvalue weighted by Gasteiger charge is 2.22. The van der Waals surface area contributed by atoms with E-state index in [9.17, 15) is 19.3 Å². The van der Waals surface area contributed by atoms with Crippen LogP contribution in [0.25, 0.3) is 5.69 Å². The van der Waals surface area contributed by atoms with Crippen molar-refractivity contribution in [2.24, 2.45) is 0 Å². The number of nitrogens with one attached hydrogen (secondary N) is 1. The zero-order chi connectivity index (χ0) is 24.9. The van der Waals surface area contributed by atoms with Crippen molar-refractivity contribution < 1.29 is 14.1 Å². The van der Waals surface area contributed by atoms with Crippen molar-refractivity contribution in [2.45, 2.75) is 23.9 Å². The smallest absolute Gasteiger partial charge is 0.269 e. The van der Waals surface area contributed by atoms with Gasteiger partial charge in [0.25, 0.3) is 11.6 Å². The lowest BCUT2D eigenvalue weighted by atomic mass is 10.2. The van der Waals surface area contributed by atoms with Gasteiger partial charge in [-0.1, -0.05) is 36.0 Å². The molecule has 0 aliphatic heterocycles. The van der Waals surface area contributed by atoms with E-state index in [0.29, 0.717) is 32.5 Å². The predicted octanol–water partition coefficient (Wildman–Crippen LogP) is 5.86. The lowest BCUT2D eigenvalue weighted by molar-refractivity contribution is -0.384. The number of benzene rings is 3. The van der Waals surface area contributed by atoms with Crippen molar-refractivity contribution in [2.75, 3.05) is 0 Å². The molecule has 3 aromatic carbocycles. The summed E-state index contributed by atoms with van der Waals surface area (Å²) in [6.45, 7) is 1.79. The average molecular weight is 556 g/mol. The first-order chi connectivity index (χ1) is 16.8. The molecule has 1 N–H and O–H groups in total. The highest BCUT2D eigenvalue weighted by Crippen LogP contribution is 2.29. The molecule has 11 heteroatoms. The van der Waals surface area contributed by atoms with Crippen molar-refractivity contribution in [3.8, 4) is 5.69 Å². The summed E-state index contributed by atoms with van der Waals surface area (Å²) in [4.78, 5) is 23.5. The topological polar surface area (TPSA) is 103 Å². The average Bonchev–Trinajstić information content (AvgIpc) is 3.28. The lowest BCUT2D eigenvalue weighted by Crippen LogP contribution is -2.29. The molecule has 1 atom stereocenters. The number of thioether (sulfide) groups is 1. The Morgan fingerprint density at radius 1 is 1.11 bits per heavy atom. The van der Waals surface area contributed by atoms with E-state index in [1.165, 1.54) is 36.0 Å². The third-order valence-electron chi connectivity index (χ3n) is 5.11. The van der Waals surface area contributed by atoms with Crippen molar-refractivity contribution in [1.29, 1.82) is 0 Å². The van der Waals surface area contributed by atoms with Crippen molar-refractivity contribution in [3.63, 3.8) is 0 Å². The Bertz CT molecular complexity index is 1360. The molecule has 35 heavy (non-hydrogen) atoms. The standard InChI is InChI=1S/C24H19BrFN5O3S/c1-15(27-23(32)20-4-2-3-5-21(20)25)22-28-29-24(35-14-16-6-8-17(26)9-7-16)30(22)18-10-12-19(13-11-18)31(33)34/h2-13,15H,14H2,1H3,(H,27,32). The Morgan fingerprint density at radius 2 is 1.80 bits per heavy atom. The molecule has 1 aromatic heterocycles. The quantitative estimate of drug-likeness (QED) is 0.166. The van der Waals surface area contributed by atoms with Gasteiger partial charge in [-0.3, -0.25) is 19.5 Å². The number of halogens is 2. The molecule has 4 aromatic rings. The highest BCUT2D eigenvalue weighted by molar-refractivity contribution is 9.10. The first-order valence-electron chi connectivity index (χ1n) is 10.5. The zero-order valence-electron chi connectivity index (χ0n) is 18.4. The van der Waals surface area contributed by atoms with E-state index < -0.39 is 11.0 Å². The van der Waals surface area contributed by atoms with Crippen LogP contribution < -0.4 is 5.32 Å². The number of hydrogen-bond donors (Lipinski definition) is 1. The van der Waals surface area contributed by atoms with Crippen LogP contribution in [-0.4, -0.2) is 25.6 Å². The maximum Gasteiger partial charge on any atom is 0.269 e. The minimum absolute atomic E-state index is 0.0424. The molecule has 178 valence electrons. The Kier molecular flexibility index (Phi) is 7.57. The summed E-state index contributed by atoms with van der Waals surface area (Å²) in [6.07, 6.45) is 0. The minimum atomic E-state index is -0.530. The van der Waals surface area contributed by atoms with Gasteiger partial charge in [0.1, 0.15) is 5.82 Å². The molecular formula is C24H19BrFN5O3S. The molecule has 0 saturated heterocycles. The number of nitro benzene ring substituents is 1. The second kappa shape index (κ2) is 10.8. The summed E-state index contributed by atoms with van der Waals surface area (Å²) < 4.78 is 15.7. The number of nitrogens with zero attached hydrogens (tertiary/aromatic N) is 4. The van der Waals surface area contributed by atoms with E-state index >= 15 is 0 Å². The molecule has 0 spiro atoms. The summed E-state index contributed by atoms with van der Waals surface area (Å²) in [5, 5.41) is 23.2. The van der Waals surface area contributed by atoms with Crippen LogP contribution in [0.2, 0.25) is 0 Å². The molecule has 1 unspecified atom stereocenters. The van der Waals surface area contributed by atoms with Crippen LogP contribution in [0.15, 0.2) is 82.4 Å². The molecule has 4 rings (SSSR count). The van der Waals surface area contributed by atoms with Crippen molar-refractivity contribution in [1.82, 2.24) is 20.1 Å². The third kappa shape index (κ3) is 5.75. The Hall–Kier alpha value is -3.57. The largest absolute Gasteiger partial charge is 0.342 e. The minimum Gasteiger partial charge on any atom is -0.342 e. The van der Waals surface area contributed by atoms with Gasteiger partial charge >= 0.3 is 0 Å². The monoisotopic (exact) mass is 555 g/mol. The summed E-state index contributed by atoms with van der Waals surface area (Å²) in [7, 11) is 0. The van der Waals surface area contributed by atoms with E-state index in [-0.39, 0.29) is 17.4 Å². The van der Waals surface area contributed by atoms with Crippen LogP contribution in [0.3, 0.4) is 0 Å². The lowest BCUT2D eigenvalue weighted by Gasteiger charge is -2.17. The number of carbonyl (C=O) groups is 1. The van der Waals surface area contributed by atoms with E-state index in [2.05, 4.69) is 31.4 Å². The molecule has 0 fully saturated rings. The Labute approximate surface area is 212 Å². The summed E-state index contributed by atoms with van der Waals surface area (Å²) in [5.74, 6) is 0.359. The summed E-state index contributed by atoms with van der Waals surface area (Å²) in [6, 6.07) is 18.7. The molecule has 0 aliphatic rings. The molecule has 1 heterocycles. The van der Waals surface area contributed by atoms with Crippen LogP contribution in [0.4, 0.5) is 10.1 Å². The van der Waals surface area contributed by atoms with E-state index in [1.807, 2.05) is 6.07 Å². The normalized spacial score (nSPS) is 11.7. The van der Waals surface area contributed by atoms with Gasteiger partial charge in [-0.15, -0.1) is 10.2 Å². The zero-order valence-corrected chi connectivity index (χ0v) is 20.8. The summed E-state index contributed by atoms with van der Waals surface area (Å²) >= 11 is 4.77. The van der Waals surface area contributed by atoms with Gasteiger partial charge in [0.2, 0.25) is 0 Å². The van der Waals surface area contributed by atoms with Gasteiger partial charge in [-0.25, -0.2) is 4.39 Å². The molecule has 0 bridgehead atoms. The maximum absolute atomic E-state index is 13.3. The van der Waals surface area contributed by atoms with E-state index in [4.69, 9.17) is 0 Å². The number of nitro groups is 1. The van der Waals surface area contributed by atoms with Gasteiger partial charge < -0.3 is 5.32 Å². The first-order valence-corrected chi connectivity index (χ1v) is 12.2. The molecule has 8 nitrogen and oxygen atoms in total. The van der Waals surface area contributed by atoms with Crippen LogP contribution in [0, 0.1) is 15.9 Å². The number of rotatable bonds is 8. The van der Waals surface area contributed by atoms with Gasteiger partial charge in [0.05, 0.1) is 16.5 Å². The fraction of sp³-hybridized carbons (Fsp3) is 0.125. The number of aromatic nitrogens is 3. The second-order valence-electron chi connectivity index (χ2n) is 7.54. The molecule has 0 radical (unpaired) electrons. The van der Waals surface area contributed by atoms with E-state index in [0.717, 1.165) is 5.56 Å². The summed E-state index contributed by atoms with van der Waals surface area (Å²) in [5.41, 5.74) is 1.94. The Balaban J connectivity index is 1.65. The van der Waals surface area contributed by atoms with Gasteiger partial charge in [0, 0.05) is 28.0 Å². The van der Waals surface area contributed by atoms with Gasteiger partial charge in [-0.2, -0.15) is 0 Å². The number of hydrogen-bond acceptors (Lipinski definition) is 6. The van der Waals surface area contributed by atoms with Crippen LogP contribution in [0.5, 0.6) is 0 Å². The fourth-order valence-corrected chi connectivity index (χ4v) is 4.71. The maximum atomic E-state index is 13.3. The second-order valence-corrected chi connectivity index (χ2v) is 9.34. The SMILES string of the molecule is CC(NC(=O)c1ccccc1Br)c1nnc(SCc2ccc(F)cc2)n1-c1ccc([N+](=O)[O-])cc1. The van der Waals surface area contributed by atoms with Crippen LogP contribution in [0.1, 0.15) is 34.7 Å². The van der Waals surface area contributed by atoms with Crippen molar-refractivity contribution in [3.05, 3.63) is 110 Å². The highest BCUT2D eigenvalue weighted by atomic mass is 79.9. The molecule has 0 saturated carbocycles. The van der Waals surface area contributed by atoms with Crippen molar-refractivity contribution >= 4 is 39.3 Å². The number of amides is 1. The van der Waals surface area contributed by atoms with Gasteiger partial charge in [-0.05, 0) is 64.8 Å². The number of non-ortho nitro benzene ring substituents is 1. The van der Waals surface area contributed by atoms with Gasteiger partial charge in [0.15, 0.2) is 11.0 Å². The molecule has 0 aliphatic carbocycles.